The molecule has 0 saturated carbocycles. The van der Waals surface area contributed by atoms with E-state index >= 15 is 0 Å². The number of aliphatic hydroxyl groups excluding tert-OH is 1. The smallest absolute Gasteiger partial charge is 0.220 e. The van der Waals surface area contributed by atoms with E-state index in [-0.39, 0.29) is 18.6 Å². The Bertz CT molecular complexity index is 123. The first-order chi connectivity index (χ1) is 5.06. The highest BCUT2D eigenvalue weighted by atomic mass is 16.3. The van der Waals surface area contributed by atoms with Crippen molar-refractivity contribution in [2.75, 3.05) is 6.61 Å². The lowest BCUT2D eigenvalue weighted by atomic mass is 10.1. The average Bonchev–Trinajstić information content (AvgIpc) is 1.85. The lowest BCUT2D eigenvalue weighted by Crippen LogP contribution is -2.35. The molecule has 3 heteroatoms. The Morgan fingerprint density at radius 1 is 1.45 bits per heavy atom. The Labute approximate surface area is 67.8 Å². The summed E-state index contributed by atoms with van der Waals surface area (Å²) < 4.78 is 0. The first-order valence-corrected chi connectivity index (χ1v) is 3.96. The Hall–Kier alpha value is -0.570. The molecule has 3 nitrogen and oxygen atoms in total. The van der Waals surface area contributed by atoms with Crippen LogP contribution in [0.2, 0.25) is 0 Å². The van der Waals surface area contributed by atoms with Crippen molar-refractivity contribution < 1.29 is 9.90 Å². The summed E-state index contributed by atoms with van der Waals surface area (Å²) in [5.41, 5.74) is 0. The number of carbonyl (C=O) groups is 1. The third-order valence-corrected chi connectivity index (χ3v) is 1.27. The Kier molecular flexibility index (Phi) is 4.86. The summed E-state index contributed by atoms with van der Waals surface area (Å²) in [6.45, 7) is 5.76. The third kappa shape index (κ3) is 5.85. The van der Waals surface area contributed by atoms with Crippen LogP contribution in [-0.2, 0) is 4.79 Å². The van der Waals surface area contributed by atoms with Crippen LogP contribution < -0.4 is 5.32 Å². The zero-order valence-corrected chi connectivity index (χ0v) is 7.42. The van der Waals surface area contributed by atoms with Gasteiger partial charge in [-0.15, -0.1) is 0 Å². The molecule has 0 saturated heterocycles. The van der Waals surface area contributed by atoms with E-state index in [1.54, 1.807) is 6.92 Å². The number of nitrogens with one attached hydrogen (secondary N) is 1. The van der Waals surface area contributed by atoms with Gasteiger partial charge >= 0.3 is 0 Å². The monoisotopic (exact) mass is 159 g/mol. The highest BCUT2D eigenvalue weighted by Gasteiger charge is 2.07. The first kappa shape index (κ1) is 10.4. The first-order valence-electron chi connectivity index (χ1n) is 3.96. The van der Waals surface area contributed by atoms with Gasteiger partial charge in [-0.1, -0.05) is 13.8 Å². The summed E-state index contributed by atoms with van der Waals surface area (Å²) in [5, 5.41) is 11.3. The highest BCUT2D eigenvalue weighted by Crippen LogP contribution is 1.98. The largest absolute Gasteiger partial charge is 0.394 e. The molecule has 0 aliphatic rings. The topological polar surface area (TPSA) is 49.3 Å². The molecule has 0 aromatic rings. The summed E-state index contributed by atoms with van der Waals surface area (Å²) in [6, 6.07) is -0.124. The van der Waals surface area contributed by atoms with Gasteiger partial charge in [0.05, 0.1) is 6.61 Å². The van der Waals surface area contributed by atoms with Gasteiger partial charge in [0.1, 0.15) is 0 Å². The fourth-order valence-electron chi connectivity index (χ4n) is 0.750. The molecule has 1 atom stereocenters. The molecule has 0 bridgehead atoms. The number of hydrogen-bond donors (Lipinski definition) is 2. The second-order valence-electron chi connectivity index (χ2n) is 3.25. The zero-order valence-electron chi connectivity index (χ0n) is 7.42. The minimum Gasteiger partial charge on any atom is -0.394 e. The van der Waals surface area contributed by atoms with Crippen LogP contribution in [0.3, 0.4) is 0 Å². The van der Waals surface area contributed by atoms with E-state index < -0.39 is 0 Å². The van der Waals surface area contributed by atoms with Crippen LogP contribution in [0.5, 0.6) is 0 Å². The van der Waals surface area contributed by atoms with Crippen molar-refractivity contribution in [2.24, 2.45) is 5.92 Å². The van der Waals surface area contributed by atoms with E-state index in [0.717, 1.165) is 0 Å². The molecular formula is C8H17NO2. The molecule has 0 rings (SSSR count). The van der Waals surface area contributed by atoms with E-state index in [0.29, 0.717) is 12.3 Å². The van der Waals surface area contributed by atoms with E-state index in [2.05, 4.69) is 5.32 Å². The summed E-state index contributed by atoms with van der Waals surface area (Å²) in [5.74, 6) is 0.391. The minimum absolute atomic E-state index is 0.00380. The highest BCUT2D eigenvalue weighted by molar-refractivity contribution is 5.76. The predicted molar refractivity (Wildman–Crippen MR) is 44.1 cm³/mol. The maximum Gasteiger partial charge on any atom is 0.220 e. The Morgan fingerprint density at radius 3 is 2.36 bits per heavy atom. The maximum absolute atomic E-state index is 11.0. The molecule has 0 spiro atoms. The van der Waals surface area contributed by atoms with Crippen LogP contribution >= 0.6 is 0 Å². The number of aliphatic hydroxyl groups is 1. The number of amides is 1. The molecule has 66 valence electrons. The number of rotatable bonds is 4. The average molecular weight is 159 g/mol. The van der Waals surface area contributed by atoms with Crippen LogP contribution in [0.1, 0.15) is 27.2 Å². The zero-order chi connectivity index (χ0) is 8.85. The van der Waals surface area contributed by atoms with Crippen molar-refractivity contribution >= 4 is 5.91 Å². The molecule has 2 N–H and O–H groups in total. The van der Waals surface area contributed by atoms with Crippen molar-refractivity contribution in [3.8, 4) is 0 Å². The molecule has 0 aromatic heterocycles. The second-order valence-corrected chi connectivity index (χ2v) is 3.25. The van der Waals surface area contributed by atoms with Gasteiger partial charge in [-0.3, -0.25) is 4.79 Å². The molecule has 0 aromatic carbocycles. The number of hydrogen-bond acceptors (Lipinski definition) is 2. The van der Waals surface area contributed by atoms with Crippen molar-refractivity contribution in [2.45, 2.75) is 33.2 Å². The van der Waals surface area contributed by atoms with Gasteiger partial charge in [-0.2, -0.15) is 0 Å². The molecule has 0 heterocycles. The minimum atomic E-state index is -0.124. The van der Waals surface area contributed by atoms with Gasteiger partial charge in [-0.05, 0) is 12.8 Å². The maximum atomic E-state index is 11.0. The van der Waals surface area contributed by atoms with Crippen LogP contribution in [0, 0.1) is 5.92 Å². The quantitative estimate of drug-likeness (QED) is 0.628. The lowest BCUT2D eigenvalue weighted by Gasteiger charge is -2.11. The summed E-state index contributed by atoms with van der Waals surface area (Å²) >= 11 is 0. The standard InChI is InChI=1S/C8H17NO2/c1-6(2)4-8(11)9-7(3)5-10/h6-7,10H,4-5H2,1-3H3,(H,9,11). The van der Waals surface area contributed by atoms with Crippen LogP contribution in [-0.4, -0.2) is 23.7 Å². The lowest BCUT2D eigenvalue weighted by molar-refractivity contribution is -0.122. The Morgan fingerprint density at radius 2 is 2.00 bits per heavy atom. The van der Waals surface area contributed by atoms with Crippen molar-refractivity contribution in [3.63, 3.8) is 0 Å². The molecule has 0 aliphatic heterocycles. The third-order valence-electron chi connectivity index (χ3n) is 1.27. The second kappa shape index (κ2) is 5.13. The fraction of sp³-hybridized carbons (Fsp3) is 0.875. The van der Waals surface area contributed by atoms with Gasteiger partial charge in [0.15, 0.2) is 0 Å². The van der Waals surface area contributed by atoms with Crippen molar-refractivity contribution in [1.82, 2.24) is 5.32 Å². The van der Waals surface area contributed by atoms with Gasteiger partial charge < -0.3 is 10.4 Å². The Balaban J connectivity index is 3.52. The van der Waals surface area contributed by atoms with Gasteiger partial charge in [0.2, 0.25) is 5.91 Å². The molecule has 1 unspecified atom stereocenters. The summed E-state index contributed by atoms with van der Waals surface area (Å²) in [7, 11) is 0. The summed E-state index contributed by atoms with van der Waals surface area (Å²) in [4.78, 5) is 11.0. The SMILES string of the molecule is CC(C)CC(=O)NC(C)CO. The number of carbonyl (C=O) groups excluding carboxylic acids is 1. The van der Waals surface area contributed by atoms with Crippen LogP contribution in [0.15, 0.2) is 0 Å². The molecular weight excluding hydrogens is 142 g/mol. The van der Waals surface area contributed by atoms with Crippen molar-refractivity contribution in [3.05, 3.63) is 0 Å². The van der Waals surface area contributed by atoms with Crippen LogP contribution in [0.25, 0.3) is 0 Å². The molecule has 0 fully saturated rings. The van der Waals surface area contributed by atoms with Gasteiger partial charge in [0.25, 0.3) is 0 Å². The van der Waals surface area contributed by atoms with Gasteiger partial charge in [0, 0.05) is 12.5 Å². The van der Waals surface area contributed by atoms with Crippen LogP contribution in [0.4, 0.5) is 0 Å². The molecule has 11 heavy (non-hydrogen) atoms. The normalized spacial score (nSPS) is 13.2. The van der Waals surface area contributed by atoms with E-state index in [4.69, 9.17) is 5.11 Å². The molecule has 0 radical (unpaired) electrons. The molecule has 1 amide bonds. The van der Waals surface area contributed by atoms with Crippen molar-refractivity contribution in [1.29, 1.82) is 0 Å². The van der Waals surface area contributed by atoms with E-state index in [9.17, 15) is 4.79 Å². The summed E-state index contributed by atoms with van der Waals surface area (Å²) in [6.07, 6.45) is 0.532. The predicted octanol–water partition coefficient (Wildman–Crippen LogP) is 0.529. The molecule has 0 aliphatic carbocycles. The van der Waals surface area contributed by atoms with E-state index in [1.807, 2.05) is 13.8 Å². The van der Waals surface area contributed by atoms with Gasteiger partial charge in [-0.25, -0.2) is 0 Å². The fourth-order valence-corrected chi connectivity index (χ4v) is 0.750. The van der Waals surface area contributed by atoms with E-state index in [1.165, 1.54) is 0 Å².